The second-order valence-electron chi connectivity index (χ2n) is 4.11. The van der Waals surface area contributed by atoms with E-state index in [0.717, 1.165) is 16.6 Å². The number of nitrogens with zero attached hydrogens (tertiary/aromatic N) is 4. The largest absolute Gasteiger partial charge is 0.257 e. The molecule has 0 saturated heterocycles. The standard InChI is InChI=1S/C13H11ClN4/c1-9-6-12(14)17-13(16-9)8-18-11-5-3-2-4-10(11)7-15-18/h2-7H,8H2,1H3. The molecule has 0 aliphatic rings. The van der Waals surface area contributed by atoms with E-state index >= 15 is 0 Å². The Morgan fingerprint density at radius 3 is 2.89 bits per heavy atom. The summed E-state index contributed by atoms with van der Waals surface area (Å²) >= 11 is 5.93. The summed E-state index contributed by atoms with van der Waals surface area (Å²) in [4.78, 5) is 8.57. The van der Waals surface area contributed by atoms with E-state index in [1.54, 1.807) is 6.07 Å². The summed E-state index contributed by atoms with van der Waals surface area (Å²) < 4.78 is 1.88. The van der Waals surface area contributed by atoms with Gasteiger partial charge in [-0.15, -0.1) is 0 Å². The van der Waals surface area contributed by atoms with Crippen molar-refractivity contribution in [1.82, 2.24) is 19.7 Å². The fourth-order valence-electron chi connectivity index (χ4n) is 1.95. The fraction of sp³-hybridized carbons (Fsp3) is 0.154. The minimum atomic E-state index is 0.467. The van der Waals surface area contributed by atoms with Crippen LogP contribution in [0.2, 0.25) is 5.15 Å². The van der Waals surface area contributed by atoms with Crippen molar-refractivity contribution in [2.45, 2.75) is 13.5 Å². The van der Waals surface area contributed by atoms with Gasteiger partial charge in [-0.3, -0.25) is 4.68 Å². The number of hydrogen-bond donors (Lipinski definition) is 0. The fourth-order valence-corrected chi connectivity index (χ4v) is 2.20. The Labute approximate surface area is 109 Å². The van der Waals surface area contributed by atoms with Crippen molar-refractivity contribution in [3.63, 3.8) is 0 Å². The molecule has 3 rings (SSSR count). The van der Waals surface area contributed by atoms with Gasteiger partial charge in [0, 0.05) is 11.1 Å². The topological polar surface area (TPSA) is 43.6 Å². The van der Waals surface area contributed by atoms with Crippen LogP contribution in [0.4, 0.5) is 0 Å². The molecular formula is C13H11ClN4. The summed E-state index contributed by atoms with van der Waals surface area (Å²) in [5.41, 5.74) is 1.93. The normalized spacial score (nSPS) is 11.0. The molecule has 0 unspecified atom stereocenters. The van der Waals surface area contributed by atoms with Crippen molar-refractivity contribution in [1.29, 1.82) is 0 Å². The number of para-hydroxylation sites is 1. The third-order valence-electron chi connectivity index (χ3n) is 2.71. The molecule has 0 saturated carbocycles. The third kappa shape index (κ3) is 2.07. The number of benzene rings is 1. The van der Waals surface area contributed by atoms with E-state index in [0.29, 0.717) is 17.5 Å². The van der Waals surface area contributed by atoms with Crippen molar-refractivity contribution in [2.24, 2.45) is 0 Å². The second kappa shape index (κ2) is 4.38. The maximum Gasteiger partial charge on any atom is 0.151 e. The van der Waals surface area contributed by atoms with Gasteiger partial charge >= 0.3 is 0 Å². The molecule has 18 heavy (non-hydrogen) atoms. The molecule has 0 radical (unpaired) electrons. The van der Waals surface area contributed by atoms with Gasteiger partial charge in [0.1, 0.15) is 11.7 Å². The van der Waals surface area contributed by atoms with Crippen LogP contribution in [-0.4, -0.2) is 19.7 Å². The number of fused-ring (bicyclic) bond motifs is 1. The van der Waals surface area contributed by atoms with Crippen LogP contribution in [0, 0.1) is 6.92 Å². The Balaban J connectivity index is 2.01. The predicted molar refractivity (Wildman–Crippen MR) is 70.6 cm³/mol. The van der Waals surface area contributed by atoms with Crippen LogP contribution in [0.15, 0.2) is 36.5 Å². The zero-order valence-electron chi connectivity index (χ0n) is 9.84. The van der Waals surface area contributed by atoms with E-state index in [9.17, 15) is 0 Å². The number of aryl methyl sites for hydroxylation is 1. The maximum absolute atomic E-state index is 5.93. The Morgan fingerprint density at radius 1 is 1.22 bits per heavy atom. The highest BCUT2D eigenvalue weighted by Crippen LogP contribution is 2.14. The lowest BCUT2D eigenvalue weighted by atomic mass is 10.2. The zero-order valence-corrected chi connectivity index (χ0v) is 10.6. The minimum absolute atomic E-state index is 0.467. The lowest BCUT2D eigenvalue weighted by Crippen LogP contribution is -2.06. The summed E-state index contributed by atoms with van der Waals surface area (Å²) in [6.45, 7) is 2.42. The van der Waals surface area contributed by atoms with E-state index in [1.807, 2.05) is 42.1 Å². The first-order valence-corrected chi connectivity index (χ1v) is 6.01. The summed E-state index contributed by atoms with van der Waals surface area (Å²) in [7, 11) is 0. The predicted octanol–water partition coefficient (Wildman–Crippen LogP) is 2.84. The number of aromatic nitrogens is 4. The Kier molecular flexibility index (Phi) is 2.72. The van der Waals surface area contributed by atoms with Gasteiger partial charge in [-0.1, -0.05) is 29.8 Å². The monoisotopic (exact) mass is 258 g/mol. The first-order valence-electron chi connectivity index (χ1n) is 5.63. The molecular weight excluding hydrogens is 248 g/mol. The molecule has 0 spiro atoms. The van der Waals surface area contributed by atoms with Crippen LogP contribution in [0.5, 0.6) is 0 Å². The molecule has 3 aromatic rings. The third-order valence-corrected chi connectivity index (χ3v) is 2.91. The van der Waals surface area contributed by atoms with Crippen LogP contribution < -0.4 is 0 Å². The van der Waals surface area contributed by atoms with Crippen molar-refractivity contribution in [2.75, 3.05) is 0 Å². The van der Waals surface area contributed by atoms with Gasteiger partial charge in [0.2, 0.25) is 0 Å². The molecule has 0 bridgehead atoms. The molecule has 5 heteroatoms. The van der Waals surface area contributed by atoms with Crippen molar-refractivity contribution in [3.8, 4) is 0 Å². The van der Waals surface area contributed by atoms with Crippen LogP contribution in [0.3, 0.4) is 0 Å². The van der Waals surface area contributed by atoms with Crippen LogP contribution in [-0.2, 0) is 6.54 Å². The lowest BCUT2D eigenvalue weighted by Gasteiger charge is -2.04. The van der Waals surface area contributed by atoms with Gasteiger partial charge in [0.15, 0.2) is 5.82 Å². The molecule has 90 valence electrons. The first kappa shape index (κ1) is 11.2. The Hall–Kier alpha value is -1.94. The molecule has 0 aliphatic heterocycles. The highest BCUT2D eigenvalue weighted by Gasteiger charge is 2.05. The Morgan fingerprint density at radius 2 is 2.06 bits per heavy atom. The molecule has 4 nitrogen and oxygen atoms in total. The highest BCUT2D eigenvalue weighted by atomic mass is 35.5. The van der Waals surface area contributed by atoms with Gasteiger partial charge in [-0.05, 0) is 19.1 Å². The van der Waals surface area contributed by atoms with Crippen LogP contribution >= 0.6 is 11.6 Å². The van der Waals surface area contributed by atoms with Crippen molar-refractivity contribution < 1.29 is 0 Å². The van der Waals surface area contributed by atoms with Crippen molar-refractivity contribution in [3.05, 3.63) is 53.2 Å². The average molecular weight is 259 g/mol. The van der Waals surface area contributed by atoms with Gasteiger partial charge in [0.05, 0.1) is 11.7 Å². The molecule has 0 fully saturated rings. The molecule has 0 aliphatic carbocycles. The smallest absolute Gasteiger partial charge is 0.151 e. The van der Waals surface area contributed by atoms with E-state index < -0.39 is 0 Å². The van der Waals surface area contributed by atoms with Gasteiger partial charge < -0.3 is 0 Å². The maximum atomic E-state index is 5.93. The van der Waals surface area contributed by atoms with Crippen LogP contribution in [0.25, 0.3) is 10.9 Å². The second-order valence-corrected chi connectivity index (χ2v) is 4.50. The van der Waals surface area contributed by atoms with Crippen molar-refractivity contribution >= 4 is 22.5 Å². The van der Waals surface area contributed by atoms with E-state index in [2.05, 4.69) is 15.1 Å². The van der Waals surface area contributed by atoms with E-state index in [-0.39, 0.29) is 0 Å². The molecule has 0 N–H and O–H groups in total. The lowest BCUT2D eigenvalue weighted by molar-refractivity contribution is 0.674. The molecule has 2 aromatic heterocycles. The Bertz CT molecular complexity index is 685. The number of rotatable bonds is 2. The summed E-state index contributed by atoms with van der Waals surface area (Å²) in [5.74, 6) is 0.675. The summed E-state index contributed by atoms with van der Waals surface area (Å²) in [5, 5.41) is 5.92. The molecule has 2 heterocycles. The van der Waals surface area contributed by atoms with E-state index in [1.165, 1.54) is 0 Å². The summed E-state index contributed by atoms with van der Waals surface area (Å²) in [6.07, 6.45) is 1.84. The van der Waals surface area contributed by atoms with Gasteiger partial charge in [-0.2, -0.15) is 5.10 Å². The number of hydrogen-bond acceptors (Lipinski definition) is 3. The van der Waals surface area contributed by atoms with Crippen LogP contribution in [0.1, 0.15) is 11.5 Å². The highest BCUT2D eigenvalue weighted by molar-refractivity contribution is 6.29. The zero-order chi connectivity index (χ0) is 12.5. The van der Waals surface area contributed by atoms with E-state index in [4.69, 9.17) is 11.6 Å². The number of halogens is 1. The first-order chi connectivity index (χ1) is 8.72. The minimum Gasteiger partial charge on any atom is -0.257 e. The molecule has 0 amide bonds. The average Bonchev–Trinajstić information content (AvgIpc) is 2.72. The van der Waals surface area contributed by atoms with Gasteiger partial charge in [-0.25, -0.2) is 9.97 Å². The van der Waals surface area contributed by atoms with Gasteiger partial charge in [0.25, 0.3) is 0 Å². The quantitative estimate of drug-likeness (QED) is 0.664. The molecule has 1 aromatic carbocycles. The molecule has 0 atom stereocenters. The SMILES string of the molecule is Cc1cc(Cl)nc(Cn2ncc3ccccc32)n1. The summed E-state index contributed by atoms with van der Waals surface area (Å²) in [6, 6.07) is 9.79.